The predicted molar refractivity (Wildman–Crippen MR) is 123 cm³/mol. The smallest absolute Gasteiger partial charge is 0.410 e. The van der Waals surface area contributed by atoms with E-state index in [4.69, 9.17) is 4.74 Å². The van der Waals surface area contributed by atoms with Gasteiger partial charge in [0.05, 0.1) is 0 Å². The third-order valence-electron chi connectivity index (χ3n) is 5.99. The van der Waals surface area contributed by atoms with Gasteiger partial charge >= 0.3 is 6.09 Å². The van der Waals surface area contributed by atoms with E-state index in [1.807, 2.05) is 47.0 Å². The van der Waals surface area contributed by atoms with Crippen LogP contribution < -0.4 is 0 Å². The predicted octanol–water partition coefficient (Wildman–Crippen LogP) is 5.57. The highest BCUT2D eigenvalue weighted by molar-refractivity contribution is 8.00. The Morgan fingerprint density at radius 3 is 2.27 bits per heavy atom. The summed E-state index contributed by atoms with van der Waals surface area (Å²) in [5.41, 5.74) is 2.44. The lowest BCUT2D eigenvalue weighted by Crippen LogP contribution is -2.39. The zero-order chi connectivity index (χ0) is 20.6. The topological polar surface area (TPSA) is 32.8 Å². The quantitative estimate of drug-likeness (QED) is 0.607. The summed E-state index contributed by atoms with van der Waals surface area (Å²) in [6.45, 7) is 5.45. The Hall–Kier alpha value is -1.98. The Morgan fingerprint density at radius 2 is 1.57 bits per heavy atom. The molecule has 0 saturated carbocycles. The molecule has 160 valence electrons. The van der Waals surface area contributed by atoms with Crippen LogP contribution in [0.5, 0.6) is 0 Å². The maximum Gasteiger partial charge on any atom is 0.410 e. The second-order valence-electron chi connectivity index (χ2n) is 8.33. The normalized spacial score (nSPS) is 18.3. The molecule has 2 heterocycles. The van der Waals surface area contributed by atoms with Crippen LogP contribution in [0.1, 0.15) is 43.2 Å². The first-order chi connectivity index (χ1) is 14.8. The van der Waals surface area contributed by atoms with Gasteiger partial charge in [-0.1, -0.05) is 48.9 Å². The third kappa shape index (κ3) is 6.26. The highest BCUT2D eigenvalue weighted by atomic mass is 32.2. The maximum atomic E-state index is 12.3. The molecule has 0 aromatic heterocycles. The molecule has 2 aromatic rings. The zero-order valence-corrected chi connectivity index (χ0v) is 18.5. The van der Waals surface area contributed by atoms with Crippen LogP contribution in [0.4, 0.5) is 4.79 Å². The average molecular weight is 425 g/mol. The second kappa shape index (κ2) is 10.9. The summed E-state index contributed by atoms with van der Waals surface area (Å²) in [5.74, 6) is 0. The fraction of sp³-hybridized carbons (Fsp3) is 0.480. The number of hydrogen-bond acceptors (Lipinski definition) is 4. The fourth-order valence-electron chi connectivity index (χ4n) is 4.21. The summed E-state index contributed by atoms with van der Waals surface area (Å²) in [6.07, 6.45) is 5.90. The molecule has 4 nitrogen and oxygen atoms in total. The van der Waals surface area contributed by atoms with Crippen LogP contribution in [0, 0.1) is 0 Å². The second-order valence-corrected chi connectivity index (χ2v) is 9.70. The van der Waals surface area contributed by atoms with Crippen LogP contribution in [0.3, 0.4) is 0 Å². The molecule has 0 bridgehead atoms. The van der Waals surface area contributed by atoms with Crippen LogP contribution in [-0.4, -0.2) is 47.3 Å². The molecule has 0 spiro atoms. The van der Waals surface area contributed by atoms with Gasteiger partial charge in [-0.2, -0.15) is 0 Å². The van der Waals surface area contributed by atoms with Crippen LogP contribution in [0.25, 0.3) is 0 Å². The summed E-state index contributed by atoms with van der Waals surface area (Å²) in [5, 5.41) is 0.566. The fourth-order valence-corrected chi connectivity index (χ4v) is 5.33. The molecule has 0 radical (unpaired) electrons. The van der Waals surface area contributed by atoms with Crippen LogP contribution in [0.2, 0.25) is 0 Å². The van der Waals surface area contributed by atoms with Gasteiger partial charge in [0, 0.05) is 29.8 Å². The van der Waals surface area contributed by atoms with Gasteiger partial charge in [0.1, 0.15) is 6.61 Å². The molecule has 1 amide bonds. The number of carbonyl (C=O) groups excluding carboxylic acids is 1. The van der Waals surface area contributed by atoms with E-state index in [1.54, 1.807) is 0 Å². The van der Waals surface area contributed by atoms with Gasteiger partial charge in [0.25, 0.3) is 0 Å². The number of likely N-dealkylation sites (tertiary alicyclic amines) is 2. The molecule has 2 aromatic carbocycles. The number of carbonyl (C=O) groups is 1. The van der Waals surface area contributed by atoms with E-state index < -0.39 is 0 Å². The number of nitrogens with zero attached hydrogens (tertiary/aromatic N) is 2. The summed E-state index contributed by atoms with van der Waals surface area (Å²) in [6, 6.07) is 19.0. The third-order valence-corrected chi connectivity index (χ3v) is 7.34. The first-order valence-electron chi connectivity index (χ1n) is 11.2. The van der Waals surface area contributed by atoms with Crippen molar-refractivity contribution in [3.05, 3.63) is 65.7 Å². The minimum Gasteiger partial charge on any atom is -0.445 e. The van der Waals surface area contributed by atoms with Crippen molar-refractivity contribution in [1.82, 2.24) is 9.80 Å². The highest BCUT2D eigenvalue weighted by Crippen LogP contribution is 2.31. The Morgan fingerprint density at radius 1 is 0.867 bits per heavy atom. The van der Waals surface area contributed by atoms with Gasteiger partial charge < -0.3 is 9.64 Å². The van der Waals surface area contributed by atoms with Crippen LogP contribution >= 0.6 is 11.8 Å². The molecule has 2 aliphatic heterocycles. The molecule has 2 aliphatic rings. The van der Waals surface area contributed by atoms with Crippen LogP contribution in [0.15, 0.2) is 59.5 Å². The Kier molecular flexibility index (Phi) is 7.70. The number of piperidine rings is 2. The molecule has 5 heteroatoms. The number of benzene rings is 2. The summed E-state index contributed by atoms with van der Waals surface area (Å²) in [7, 11) is 0. The van der Waals surface area contributed by atoms with Gasteiger partial charge in [-0.05, 0) is 62.0 Å². The first-order valence-corrected chi connectivity index (χ1v) is 12.1. The van der Waals surface area contributed by atoms with Gasteiger partial charge in [-0.3, -0.25) is 4.90 Å². The summed E-state index contributed by atoms with van der Waals surface area (Å²) in [4.78, 5) is 18.1. The molecule has 2 saturated heterocycles. The van der Waals surface area contributed by atoms with E-state index >= 15 is 0 Å². The molecule has 0 aliphatic carbocycles. The van der Waals surface area contributed by atoms with Crippen molar-refractivity contribution in [3.63, 3.8) is 0 Å². The van der Waals surface area contributed by atoms with Crippen molar-refractivity contribution in [2.75, 3.05) is 26.2 Å². The number of ether oxygens (including phenoxy) is 1. The first kappa shape index (κ1) is 21.3. The van der Waals surface area contributed by atoms with Gasteiger partial charge in [0.15, 0.2) is 0 Å². The van der Waals surface area contributed by atoms with E-state index in [0.29, 0.717) is 11.9 Å². The number of rotatable bonds is 6. The van der Waals surface area contributed by atoms with E-state index in [-0.39, 0.29) is 6.09 Å². The van der Waals surface area contributed by atoms with Crippen molar-refractivity contribution in [3.8, 4) is 0 Å². The highest BCUT2D eigenvalue weighted by Gasteiger charge is 2.24. The minimum atomic E-state index is -0.190. The van der Waals surface area contributed by atoms with Crippen molar-refractivity contribution >= 4 is 17.9 Å². The van der Waals surface area contributed by atoms with E-state index in [1.165, 1.54) is 42.8 Å². The Bertz CT molecular complexity index is 783. The standard InChI is InChI=1S/C25H32N2O2S/c28-25(29-20-22-7-3-1-4-8-22)27-17-13-24(14-18-27)30-23-11-9-21(10-12-23)19-26-15-5-2-6-16-26/h1,3-4,7-12,24H,2,5-6,13-20H2. The average Bonchev–Trinajstić information content (AvgIpc) is 2.81. The Labute approximate surface area is 184 Å². The van der Waals surface area contributed by atoms with E-state index in [9.17, 15) is 4.79 Å². The summed E-state index contributed by atoms with van der Waals surface area (Å²) < 4.78 is 5.47. The van der Waals surface area contributed by atoms with Gasteiger partial charge in [-0.25, -0.2) is 4.79 Å². The van der Waals surface area contributed by atoms with Crippen molar-refractivity contribution in [1.29, 1.82) is 0 Å². The molecular weight excluding hydrogens is 392 g/mol. The largest absolute Gasteiger partial charge is 0.445 e. The van der Waals surface area contributed by atoms with Crippen molar-refractivity contribution < 1.29 is 9.53 Å². The zero-order valence-electron chi connectivity index (χ0n) is 17.7. The van der Waals surface area contributed by atoms with E-state index in [2.05, 4.69) is 29.2 Å². The summed E-state index contributed by atoms with van der Waals surface area (Å²) >= 11 is 1.95. The molecule has 30 heavy (non-hydrogen) atoms. The molecule has 4 rings (SSSR count). The molecule has 2 fully saturated rings. The minimum absolute atomic E-state index is 0.190. The molecular formula is C25H32N2O2S. The maximum absolute atomic E-state index is 12.3. The van der Waals surface area contributed by atoms with Gasteiger partial charge in [0.2, 0.25) is 0 Å². The van der Waals surface area contributed by atoms with Crippen LogP contribution in [-0.2, 0) is 17.9 Å². The van der Waals surface area contributed by atoms with E-state index in [0.717, 1.165) is 38.0 Å². The SMILES string of the molecule is O=C(OCc1ccccc1)N1CCC(Sc2ccc(CN3CCCCC3)cc2)CC1. The number of amides is 1. The molecule has 0 N–H and O–H groups in total. The molecule has 0 atom stereocenters. The lowest BCUT2D eigenvalue weighted by Gasteiger charge is -2.31. The van der Waals surface area contributed by atoms with Crippen molar-refractivity contribution in [2.45, 2.75) is 55.4 Å². The van der Waals surface area contributed by atoms with Crippen molar-refractivity contribution in [2.24, 2.45) is 0 Å². The lowest BCUT2D eigenvalue weighted by molar-refractivity contribution is 0.0901. The lowest BCUT2D eigenvalue weighted by atomic mass is 10.1. The number of hydrogen-bond donors (Lipinski definition) is 0. The molecule has 0 unspecified atom stereocenters. The number of thioether (sulfide) groups is 1. The van der Waals surface area contributed by atoms with Gasteiger partial charge in [-0.15, -0.1) is 11.8 Å². The monoisotopic (exact) mass is 424 g/mol. The Balaban J connectivity index is 1.18.